The first kappa shape index (κ1) is 15.1. The highest BCUT2D eigenvalue weighted by molar-refractivity contribution is 7.89. The smallest absolute Gasteiger partial charge is 0.340 e. The number of rotatable bonds is 5. The molecule has 0 aliphatic carbocycles. The Hall–Kier alpha value is -0.920. The van der Waals surface area contributed by atoms with Crippen molar-refractivity contribution >= 4 is 27.3 Å². The Kier molecular flexibility index (Phi) is 4.89. The normalized spacial score (nSPS) is 11.8. The number of hydrogen-bond donors (Lipinski definition) is 1. The molecule has 1 aromatic rings. The summed E-state index contributed by atoms with van der Waals surface area (Å²) >= 11 is 1.22. The molecule has 0 aromatic carbocycles. The maximum Gasteiger partial charge on any atom is 0.340 e. The Balaban J connectivity index is 3.25. The van der Waals surface area contributed by atoms with Gasteiger partial charge >= 0.3 is 5.97 Å². The van der Waals surface area contributed by atoms with E-state index in [4.69, 9.17) is 9.88 Å². The quantitative estimate of drug-likeness (QED) is 0.840. The van der Waals surface area contributed by atoms with E-state index in [0.717, 1.165) is 6.42 Å². The van der Waals surface area contributed by atoms with Gasteiger partial charge in [0.15, 0.2) is 0 Å². The first-order valence-corrected chi connectivity index (χ1v) is 8.04. The van der Waals surface area contributed by atoms with Crippen molar-refractivity contribution in [3.05, 3.63) is 15.8 Å². The summed E-state index contributed by atoms with van der Waals surface area (Å²) in [4.78, 5) is 12.3. The lowest BCUT2D eigenvalue weighted by molar-refractivity contribution is 0.0374. The van der Waals surface area contributed by atoms with Crippen molar-refractivity contribution in [1.82, 2.24) is 0 Å². The predicted octanol–water partition coefficient (Wildman–Crippen LogP) is 1.91. The number of carbonyl (C=O) groups excluding carboxylic acids is 1. The molecule has 0 fully saturated rings. The van der Waals surface area contributed by atoms with E-state index in [1.807, 2.05) is 6.92 Å². The molecule has 1 heterocycles. The van der Waals surface area contributed by atoms with E-state index in [1.54, 1.807) is 13.8 Å². The molecule has 0 aliphatic heterocycles. The number of esters is 1. The zero-order valence-electron chi connectivity index (χ0n) is 10.6. The van der Waals surface area contributed by atoms with E-state index in [9.17, 15) is 13.2 Å². The number of hydrogen-bond acceptors (Lipinski definition) is 5. The van der Waals surface area contributed by atoms with Crippen molar-refractivity contribution < 1.29 is 17.9 Å². The highest BCUT2D eigenvalue weighted by atomic mass is 32.2. The predicted molar refractivity (Wildman–Crippen MR) is 70.2 cm³/mol. The largest absolute Gasteiger partial charge is 0.459 e. The Morgan fingerprint density at radius 1 is 1.50 bits per heavy atom. The van der Waals surface area contributed by atoms with Gasteiger partial charge in [-0.25, -0.2) is 18.4 Å². The number of nitrogens with two attached hydrogens (primary N) is 1. The molecule has 102 valence electrons. The first-order chi connectivity index (χ1) is 8.27. The van der Waals surface area contributed by atoms with Crippen LogP contribution >= 0.6 is 11.3 Å². The Bertz CT molecular complexity index is 531. The molecule has 2 N–H and O–H groups in total. The van der Waals surface area contributed by atoms with Gasteiger partial charge in [0, 0.05) is 10.3 Å². The average molecular weight is 291 g/mol. The minimum Gasteiger partial charge on any atom is -0.459 e. The van der Waals surface area contributed by atoms with E-state index in [1.165, 1.54) is 16.7 Å². The van der Waals surface area contributed by atoms with Crippen LogP contribution in [0, 0.1) is 0 Å². The summed E-state index contributed by atoms with van der Waals surface area (Å²) in [5, 5.41) is 6.67. The van der Waals surface area contributed by atoms with Gasteiger partial charge in [0.25, 0.3) is 0 Å². The van der Waals surface area contributed by atoms with E-state index in [-0.39, 0.29) is 16.6 Å². The van der Waals surface area contributed by atoms with Crippen LogP contribution in [0.25, 0.3) is 0 Å². The number of carbonyl (C=O) groups is 1. The molecule has 0 aliphatic rings. The van der Waals surface area contributed by atoms with Crippen LogP contribution in [0.3, 0.4) is 0 Å². The van der Waals surface area contributed by atoms with Crippen LogP contribution in [0.1, 0.15) is 42.4 Å². The van der Waals surface area contributed by atoms with Crippen molar-refractivity contribution in [3.63, 3.8) is 0 Å². The molecule has 1 aromatic heterocycles. The van der Waals surface area contributed by atoms with Gasteiger partial charge in [0.2, 0.25) is 10.0 Å². The van der Waals surface area contributed by atoms with Crippen LogP contribution in [0.15, 0.2) is 10.3 Å². The highest BCUT2D eigenvalue weighted by Gasteiger charge is 2.26. The van der Waals surface area contributed by atoms with Crippen LogP contribution < -0.4 is 5.14 Å². The third-order valence-electron chi connectivity index (χ3n) is 2.14. The van der Waals surface area contributed by atoms with Crippen LogP contribution in [0.2, 0.25) is 0 Å². The average Bonchev–Trinajstić information content (AvgIpc) is 2.60. The van der Waals surface area contributed by atoms with Crippen LogP contribution in [-0.4, -0.2) is 20.5 Å². The Morgan fingerprint density at radius 2 is 2.11 bits per heavy atom. The Morgan fingerprint density at radius 3 is 2.56 bits per heavy atom. The fourth-order valence-corrected chi connectivity index (χ4v) is 3.97. The van der Waals surface area contributed by atoms with Gasteiger partial charge < -0.3 is 4.74 Å². The molecule has 18 heavy (non-hydrogen) atoms. The van der Waals surface area contributed by atoms with Crippen LogP contribution in [-0.2, 0) is 21.2 Å². The van der Waals surface area contributed by atoms with Gasteiger partial charge in [-0.1, -0.05) is 13.3 Å². The lowest BCUT2D eigenvalue weighted by Gasteiger charge is -2.08. The second kappa shape index (κ2) is 5.81. The van der Waals surface area contributed by atoms with Gasteiger partial charge in [-0.15, -0.1) is 11.3 Å². The molecule has 1 rings (SSSR count). The summed E-state index contributed by atoms with van der Waals surface area (Å²) in [7, 11) is -3.91. The molecule has 7 heteroatoms. The van der Waals surface area contributed by atoms with Crippen LogP contribution in [0.5, 0.6) is 0 Å². The maximum absolute atomic E-state index is 11.8. The standard InChI is InChI=1S/C11H17NO4S2/c1-4-5-9-10(18(12,14)15)8(6-17-9)11(13)16-7(2)3/h6-7H,4-5H2,1-3H3,(H2,12,14,15). The molecule has 0 saturated carbocycles. The fourth-order valence-electron chi connectivity index (χ4n) is 1.52. The topological polar surface area (TPSA) is 86.5 Å². The molecular formula is C11H17NO4S2. The SMILES string of the molecule is CCCc1scc(C(=O)OC(C)C)c1S(N)(=O)=O. The third kappa shape index (κ3) is 3.54. The summed E-state index contributed by atoms with van der Waals surface area (Å²) in [6.45, 7) is 5.33. The number of sulfonamides is 1. The van der Waals surface area contributed by atoms with E-state index >= 15 is 0 Å². The van der Waals surface area contributed by atoms with Crippen LogP contribution in [0.4, 0.5) is 0 Å². The number of ether oxygens (including phenoxy) is 1. The molecule has 0 atom stereocenters. The van der Waals surface area contributed by atoms with Crippen molar-refractivity contribution in [2.24, 2.45) is 5.14 Å². The number of primary sulfonamides is 1. The zero-order valence-corrected chi connectivity index (χ0v) is 12.2. The molecule has 0 unspecified atom stereocenters. The fraction of sp³-hybridized carbons (Fsp3) is 0.545. The van der Waals surface area contributed by atoms with Gasteiger partial charge in [-0.2, -0.15) is 0 Å². The second-order valence-electron chi connectivity index (χ2n) is 4.15. The Labute approximate surface area is 111 Å². The summed E-state index contributed by atoms with van der Waals surface area (Å²) in [6, 6.07) is 0. The minimum absolute atomic E-state index is 0.0413. The number of aryl methyl sites for hydroxylation is 1. The molecule has 0 radical (unpaired) electrons. The highest BCUT2D eigenvalue weighted by Crippen LogP contribution is 2.28. The van der Waals surface area contributed by atoms with E-state index in [2.05, 4.69) is 0 Å². The van der Waals surface area contributed by atoms with E-state index in [0.29, 0.717) is 11.3 Å². The summed E-state index contributed by atoms with van der Waals surface area (Å²) in [5.41, 5.74) is 0.0413. The van der Waals surface area contributed by atoms with Crippen molar-refractivity contribution in [3.8, 4) is 0 Å². The van der Waals surface area contributed by atoms with Gasteiger partial charge in [-0.05, 0) is 20.3 Å². The van der Waals surface area contributed by atoms with Gasteiger partial charge in [0.05, 0.1) is 11.7 Å². The molecule has 0 saturated heterocycles. The first-order valence-electron chi connectivity index (χ1n) is 5.61. The van der Waals surface area contributed by atoms with Crippen molar-refractivity contribution in [1.29, 1.82) is 0 Å². The summed E-state index contributed by atoms with van der Waals surface area (Å²) in [5.74, 6) is -0.646. The second-order valence-corrected chi connectivity index (χ2v) is 6.61. The van der Waals surface area contributed by atoms with E-state index < -0.39 is 16.0 Å². The molecular weight excluding hydrogens is 274 g/mol. The van der Waals surface area contributed by atoms with Gasteiger partial charge in [-0.3, -0.25) is 0 Å². The molecule has 5 nitrogen and oxygen atoms in total. The number of thiophene rings is 1. The van der Waals surface area contributed by atoms with Gasteiger partial charge in [0.1, 0.15) is 4.90 Å². The van der Waals surface area contributed by atoms with Crippen molar-refractivity contribution in [2.45, 2.75) is 44.6 Å². The lowest BCUT2D eigenvalue weighted by Crippen LogP contribution is -2.19. The molecule has 0 amide bonds. The minimum atomic E-state index is -3.91. The summed E-state index contributed by atoms with van der Waals surface area (Å²) in [6.07, 6.45) is 1.05. The lowest BCUT2D eigenvalue weighted by atomic mass is 10.2. The molecule has 0 spiro atoms. The maximum atomic E-state index is 11.8. The monoisotopic (exact) mass is 291 g/mol. The summed E-state index contributed by atoms with van der Waals surface area (Å²) < 4.78 is 28.2. The molecule has 0 bridgehead atoms. The zero-order chi connectivity index (χ0) is 13.9. The van der Waals surface area contributed by atoms with Crippen molar-refractivity contribution in [2.75, 3.05) is 0 Å². The third-order valence-corrected chi connectivity index (χ3v) is 4.35.